The molecule has 0 bridgehead atoms. The molecule has 4 aromatic carbocycles. The number of nitrogen functional groups attached to an aromatic ring is 2. The van der Waals surface area contributed by atoms with E-state index in [1.165, 1.54) is 76.2 Å². The van der Waals surface area contributed by atoms with Crippen molar-refractivity contribution in [3.05, 3.63) is 72.3 Å². The quantitative estimate of drug-likeness (QED) is 0.107. The first-order valence-electron chi connectivity index (χ1n) is 13.9. The van der Waals surface area contributed by atoms with E-state index < -0.39 is 0 Å². The van der Waals surface area contributed by atoms with Crippen molar-refractivity contribution in [1.29, 1.82) is 0 Å². The van der Waals surface area contributed by atoms with E-state index >= 15 is 0 Å². The van der Waals surface area contributed by atoms with Crippen LogP contribution in [0.4, 0.5) is 11.4 Å². The van der Waals surface area contributed by atoms with Gasteiger partial charge >= 0.3 is 0 Å². The van der Waals surface area contributed by atoms with E-state index in [2.05, 4.69) is 37.3 Å². The second kappa shape index (κ2) is 13.2. The Balaban J connectivity index is 1.30. The predicted molar refractivity (Wildman–Crippen MR) is 157 cm³/mol. The van der Waals surface area contributed by atoms with E-state index in [0.717, 1.165) is 50.8 Å². The fourth-order valence-electron chi connectivity index (χ4n) is 5.07. The molecule has 0 amide bonds. The monoisotopic (exact) mass is 482 g/mol. The van der Waals surface area contributed by atoms with Gasteiger partial charge in [-0.1, -0.05) is 83.3 Å². The Morgan fingerprint density at radius 2 is 1.06 bits per heavy atom. The number of benzene rings is 4. The minimum absolute atomic E-state index is 0.739. The summed E-state index contributed by atoms with van der Waals surface area (Å²) in [4.78, 5) is 0. The summed E-state index contributed by atoms with van der Waals surface area (Å²) in [6.45, 7) is 2.28. The van der Waals surface area contributed by atoms with Crippen LogP contribution in [0.3, 0.4) is 0 Å². The van der Waals surface area contributed by atoms with Gasteiger partial charge in [0.15, 0.2) is 0 Å². The maximum absolute atomic E-state index is 6.47. The van der Waals surface area contributed by atoms with Gasteiger partial charge in [-0.2, -0.15) is 0 Å². The number of ether oxygens (including phenoxy) is 1. The predicted octanol–water partition coefficient (Wildman–Crippen LogP) is 9.80. The average molecular weight is 483 g/mol. The number of hydrogen-bond donors (Lipinski definition) is 2. The summed E-state index contributed by atoms with van der Waals surface area (Å²) in [6.07, 6.45) is 16.3. The maximum Gasteiger partial charge on any atom is 0.143 e. The summed E-state index contributed by atoms with van der Waals surface area (Å²) >= 11 is 0. The number of hydrogen-bond acceptors (Lipinski definition) is 3. The highest BCUT2D eigenvalue weighted by Gasteiger charge is 2.11. The molecular formula is C33H42N2O. The Morgan fingerprint density at radius 3 is 1.58 bits per heavy atom. The lowest BCUT2D eigenvalue weighted by Gasteiger charge is -2.14. The van der Waals surface area contributed by atoms with Gasteiger partial charge in [0.2, 0.25) is 0 Å². The number of fused-ring (bicyclic) bond motifs is 2. The van der Waals surface area contributed by atoms with E-state index in [4.69, 9.17) is 16.2 Å². The van der Waals surface area contributed by atoms with Gasteiger partial charge in [-0.15, -0.1) is 0 Å². The normalized spacial score (nSPS) is 11.4. The highest BCUT2D eigenvalue weighted by Crippen LogP contribution is 2.39. The molecular weight excluding hydrogens is 440 g/mol. The molecule has 4 rings (SSSR count). The Morgan fingerprint density at radius 1 is 0.556 bits per heavy atom. The van der Waals surface area contributed by atoms with Gasteiger partial charge in [0.05, 0.1) is 0 Å². The molecule has 190 valence electrons. The van der Waals surface area contributed by atoms with Crippen LogP contribution >= 0.6 is 0 Å². The zero-order valence-electron chi connectivity index (χ0n) is 21.9. The van der Waals surface area contributed by atoms with Crippen molar-refractivity contribution in [3.63, 3.8) is 0 Å². The van der Waals surface area contributed by atoms with Crippen molar-refractivity contribution in [2.45, 2.75) is 84.0 Å². The van der Waals surface area contributed by atoms with Crippen LogP contribution in [-0.4, -0.2) is 0 Å². The molecule has 36 heavy (non-hydrogen) atoms. The van der Waals surface area contributed by atoms with Crippen LogP contribution in [0.2, 0.25) is 0 Å². The lowest BCUT2D eigenvalue weighted by molar-refractivity contribution is 0.493. The van der Waals surface area contributed by atoms with Crippen molar-refractivity contribution in [2.75, 3.05) is 11.5 Å². The largest absolute Gasteiger partial charge is 0.456 e. The number of rotatable bonds is 14. The summed E-state index contributed by atoms with van der Waals surface area (Å²) < 4.78 is 6.47. The zero-order valence-corrected chi connectivity index (χ0v) is 21.9. The van der Waals surface area contributed by atoms with Crippen LogP contribution in [0.5, 0.6) is 11.5 Å². The highest BCUT2D eigenvalue weighted by molar-refractivity contribution is 6.07. The fraction of sp³-hybridized carbons (Fsp3) is 0.394. The van der Waals surface area contributed by atoms with Gasteiger partial charge in [0.25, 0.3) is 0 Å². The molecule has 0 heterocycles. The SMILES string of the molecule is CCCCCCCCCCCCCc1ccc(Oc2c3ccc(N)cc3cc3cc(N)ccc23)cc1. The van der Waals surface area contributed by atoms with Gasteiger partial charge in [-0.25, -0.2) is 0 Å². The third-order valence-electron chi connectivity index (χ3n) is 7.16. The minimum atomic E-state index is 0.739. The van der Waals surface area contributed by atoms with Crippen molar-refractivity contribution >= 4 is 32.9 Å². The Labute approximate surface area is 216 Å². The lowest BCUT2D eigenvalue weighted by atomic mass is 10.0. The van der Waals surface area contributed by atoms with Crippen LogP contribution in [0.1, 0.15) is 83.1 Å². The van der Waals surface area contributed by atoms with Gasteiger partial charge in [-0.3, -0.25) is 0 Å². The van der Waals surface area contributed by atoms with Gasteiger partial charge in [0, 0.05) is 22.1 Å². The van der Waals surface area contributed by atoms with Crippen LogP contribution < -0.4 is 16.2 Å². The Hall–Kier alpha value is -3.20. The van der Waals surface area contributed by atoms with Crippen LogP contribution in [0.25, 0.3) is 21.5 Å². The minimum Gasteiger partial charge on any atom is -0.456 e. The van der Waals surface area contributed by atoms with E-state index in [1.807, 2.05) is 36.4 Å². The fourth-order valence-corrected chi connectivity index (χ4v) is 5.07. The molecule has 0 radical (unpaired) electrons. The molecule has 0 aliphatic rings. The molecule has 0 saturated carbocycles. The Kier molecular flexibility index (Phi) is 9.49. The number of nitrogens with two attached hydrogens (primary N) is 2. The summed E-state index contributed by atoms with van der Waals surface area (Å²) in [5.41, 5.74) is 15.0. The number of aryl methyl sites for hydroxylation is 1. The summed E-state index contributed by atoms with van der Waals surface area (Å²) in [5.74, 6) is 1.70. The van der Waals surface area contributed by atoms with E-state index in [0.29, 0.717) is 0 Å². The smallest absolute Gasteiger partial charge is 0.143 e. The van der Waals surface area contributed by atoms with E-state index in [1.54, 1.807) is 0 Å². The molecule has 0 aromatic heterocycles. The molecule has 0 atom stereocenters. The molecule has 0 spiro atoms. The third-order valence-corrected chi connectivity index (χ3v) is 7.16. The summed E-state index contributed by atoms with van der Waals surface area (Å²) in [6, 6.07) is 22.6. The molecule has 4 aromatic rings. The van der Waals surface area contributed by atoms with Gasteiger partial charge in [0.1, 0.15) is 11.5 Å². The van der Waals surface area contributed by atoms with Crippen LogP contribution in [-0.2, 0) is 6.42 Å². The first-order chi connectivity index (χ1) is 17.6. The average Bonchev–Trinajstić information content (AvgIpc) is 2.87. The van der Waals surface area contributed by atoms with Crippen molar-refractivity contribution in [3.8, 4) is 11.5 Å². The molecule has 4 N–H and O–H groups in total. The second-order valence-corrected chi connectivity index (χ2v) is 10.2. The first-order valence-corrected chi connectivity index (χ1v) is 13.9. The topological polar surface area (TPSA) is 61.3 Å². The molecule has 0 saturated heterocycles. The lowest BCUT2D eigenvalue weighted by Crippen LogP contribution is -1.92. The van der Waals surface area contributed by atoms with Gasteiger partial charge < -0.3 is 16.2 Å². The van der Waals surface area contributed by atoms with Crippen LogP contribution in [0.15, 0.2) is 66.7 Å². The van der Waals surface area contributed by atoms with Crippen molar-refractivity contribution in [2.24, 2.45) is 0 Å². The first kappa shape index (κ1) is 25.9. The molecule has 0 unspecified atom stereocenters. The van der Waals surface area contributed by atoms with Crippen molar-refractivity contribution < 1.29 is 4.74 Å². The zero-order chi connectivity index (χ0) is 25.2. The van der Waals surface area contributed by atoms with Crippen molar-refractivity contribution in [1.82, 2.24) is 0 Å². The molecule has 0 aliphatic heterocycles. The molecule has 3 heteroatoms. The van der Waals surface area contributed by atoms with E-state index in [-0.39, 0.29) is 0 Å². The maximum atomic E-state index is 6.47. The highest BCUT2D eigenvalue weighted by atomic mass is 16.5. The number of unbranched alkanes of at least 4 members (excludes halogenated alkanes) is 10. The number of anilines is 2. The second-order valence-electron chi connectivity index (χ2n) is 10.2. The van der Waals surface area contributed by atoms with E-state index in [9.17, 15) is 0 Å². The Bertz CT molecular complexity index is 1190. The third kappa shape index (κ3) is 7.16. The molecule has 3 nitrogen and oxygen atoms in total. The molecule has 0 aliphatic carbocycles. The summed E-state index contributed by atoms with van der Waals surface area (Å²) in [5, 5.41) is 4.20. The summed E-state index contributed by atoms with van der Waals surface area (Å²) in [7, 11) is 0. The molecule has 0 fully saturated rings. The van der Waals surface area contributed by atoms with Gasteiger partial charge in [-0.05, 0) is 83.8 Å². The van der Waals surface area contributed by atoms with Crippen LogP contribution in [0, 0.1) is 0 Å². The standard InChI is InChI=1S/C33H42N2O/c1-2-3-4-5-6-7-8-9-10-11-12-13-25-14-18-30(19-15-25)36-33-31-20-16-28(34)23-26(31)22-27-24-29(35)17-21-32(27)33/h14-24H,2-13,34-35H2,1H3.